The lowest BCUT2D eigenvalue weighted by molar-refractivity contribution is 0.0993. The molecule has 2 aromatic carbocycles. The normalized spacial score (nSPS) is 17.0. The molecule has 2 heterocycles. The van der Waals surface area contributed by atoms with Gasteiger partial charge in [0.2, 0.25) is 0 Å². The second kappa shape index (κ2) is 8.05. The number of hydrogen-bond acceptors (Lipinski definition) is 3. The number of rotatable bonds is 5. The number of H-pyrrole nitrogens is 1. The third kappa shape index (κ3) is 3.84. The number of aromatic nitrogens is 1. The maximum atomic E-state index is 13.3. The van der Waals surface area contributed by atoms with Gasteiger partial charge in [-0.2, -0.15) is 0 Å². The topological polar surface area (TPSA) is 82.4 Å². The Bertz CT molecular complexity index is 1030. The molecule has 8 heteroatoms. The minimum atomic E-state index is -1.50. The Kier molecular flexibility index (Phi) is 5.50. The number of amides is 1. The Morgan fingerprint density at radius 1 is 1.11 bits per heavy atom. The maximum absolute atomic E-state index is 13.3. The van der Waals surface area contributed by atoms with E-state index in [1.54, 1.807) is 18.2 Å². The number of nitrogens with two attached hydrogens (primary N) is 1. The van der Waals surface area contributed by atoms with Crippen LogP contribution in [0.5, 0.6) is 0 Å². The van der Waals surface area contributed by atoms with E-state index in [1.165, 1.54) is 5.56 Å². The summed E-state index contributed by atoms with van der Waals surface area (Å²) in [6, 6.07) is 15.5. The molecule has 1 unspecified atom stereocenters. The van der Waals surface area contributed by atoms with Crippen molar-refractivity contribution in [2.45, 2.75) is 11.4 Å². The number of nitrogens with one attached hydrogen (secondary N) is 1. The van der Waals surface area contributed by atoms with Crippen LogP contribution < -0.4 is 5.73 Å². The summed E-state index contributed by atoms with van der Waals surface area (Å²) in [5.41, 5.74) is 7.67. The lowest BCUT2D eigenvalue weighted by atomic mass is 10.2. The second-order valence-electron chi connectivity index (χ2n) is 6.82. The molecule has 6 nitrogen and oxygen atoms in total. The molecule has 1 atom stereocenters. The number of carbonyl (C=O) groups excluding carboxylic acids is 1. The van der Waals surface area contributed by atoms with Crippen LogP contribution in [0.4, 0.5) is 0 Å². The van der Waals surface area contributed by atoms with Crippen LogP contribution in [-0.2, 0) is 17.5 Å². The highest BCUT2D eigenvalue weighted by molar-refractivity contribution is 7.83. The largest absolute Gasteiger partial charge is 0.364 e. The Labute approximate surface area is 170 Å². The van der Waals surface area contributed by atoms with Crippen molar-refractivity contribution in [3.63, 3.8) is 0 Å². The fourth-order valence-electron chi connectivity index (χ4n) is 3.52. The highest BCUT2D eigenvalue weighted by atomic mass is 35.5. The fraction of sp³-hybridized carbons (Fsp3) is 0.250. The zero-order valence-electron chi connectivity index (χ0n) is 15.2. The van der Waals surface area contributed by atoms with Crippen LogP contribution in [0.25, 0.3) is 10.9 Å². The van der Waals surface area contributed by atoms with Gasteiger partial charge in [-0.05, 0) is 23.8 Å². The van der Waals surface area contributed by atoms with Gasteiger partial charge in [0.25, 0.3) is 5.91 Å². The summed E-state index contributed by atoms with van der Waals surface area (Å²) < 4.78 is 15.2. The van der Waals surface area contributed by atoms with Gasteiger partial charge < -0.3 is 10.7 Å². The van der Waals surface area contributed by atoms with Gasteiger partial charge in [-0.3, -0.25) is 9.69 Å². The summed E-state index contributed by atoms with van der Waals surface area (Å²) in [5.74, 6) is -0.626. The van der Waals surface area contributed by atoms with E-state index in [9.17, 15) is 9.00 Å². The molecule has 1 aliphatic heterocycles. The van der Waals surface area contributed by atoms with Crippen molar-refractivity contribution in [2.75, 3.05) is 26.2 Å². The summed E-state index contributed by atoms with van der Waals surface area (Å²) >= 11 is 6.12. The minimum absolute atomic E-state index is 0.183. The molecule has 1 fully saturated rings. The van der Waals surface area contributed by atoms with Gasteiger partial charge in [-0.25, -0.2) is 8.51 Å². The first-order chi connectivity index (χ1) is 13.5. The summed E-state index contributed by atoms with van der Waals surface area (Å²) in [7, 11) is -1.50. The Morgan fingerprint density at radius 2 is 1.82 bits per heavy atom. The van der Waals surface area contributed by atoms with Gasteiger partial charge in [-0.15, -0.1) is 0 Å². The quantitative estimate of drug-likeness (QED) is 0.670. The molecule has 146 valence electrons. The van der Waals surface area contributed by atoms with Gasteiger partial charge in [0.05, 0.1) is 4.90 Å². The number of hydrogen-bond donors (Lipinski definition) is 2. The van der Waals surface area contributed by atoms with Gasteiger partial charge in [0, 0.05) is 48.6 Å². The Balaban J connectivity index is 1.53. The molecule has 1 amide bonds. The number of carbonyl (C=O) groups is 1. The monoisotopic (exact) mass is 416 g/mol. The number of halogens is 1. The van der Waals surface area contributed by atoms with E-state index in [-0.39, 0.29) is 5.69 Å². The van der Waals surface area contributed by atoms with Gasteiger partial charge in [-0.1, -0.05) is 41.9 Å². The fourth-order valence-corrected chi connectivity index (χ4v) is 5.13. The molecule has 1 aliphatic rings. The molecule has 0 radical (unpaired) electrons. The Morgan fingerprint density at radius 3 is 2.50 bits per heavy atom. The molecule has 3 aromatic rings. The third-order valence-corrected chi connectivity index (χ3v) is 6.79. The first-order valence-corrected chi connectivity index (χ1v) is 10.6. The van der Waals surface area contributed by atoms with E-state index in [2.05, 4.69) is 22.0 Å². The molecule has 0 spiro atoms. The van der Waals surface area contributed by atoms with Crippen LogP contribution in [0.15, 0.2) is 53.4 Å². The molecule has 0 aliphatic carbocycles. The number of piperazine rings is 1. The van der Waals surface area contributed by atoms with Crippen LogP contribution in [0.3, 0.4) is 0 Å². The highest BCUT2D eigenvalue weighted by Crippen LogP contribution is 2.30. The number of nitrogens with zero attached hydrogens (tertiary/aromatic N) is 2. The van der Waals surface area contributed by atoms with Crippen molar-refractivity contribution in [3.8, 4) is 0 Å². The average molecular weight is 417 g/mol. The molecular formula is C20H21ClN4O2S. The predicted molar refractivity (Wildman–Crippen MR) is 112 cm³/mol. The number of aromatic amines is 1. The highest BCUT2D eigenvalue weighted by Gasteiger charge is 2.28. The van der Waals surface area contributed by atoms with Gasteiger partial charge in [0.15, 0.2) is 0 Å². The minimum Gasteiger partial charge on any atom is -0.364 e. The average Bonchev–Trinajstić information content (AvgIpc) is 3.08. The van der Waals surface area contributed by atoms with Gasteiger partial charge >= 0.3 is 0 Å². The van der Waals surface area contributed by atoms with Crippen molar-refractivity contribution in [1.29, 1.82) is 0 Å². The van der Waals surface area contributed by atoms with Crippen LogP contribution >= 0.6 is 11.6 Å². The summed E-state index contributed by atoms with van der Waals surface area (Å²) in [5, 5.41) is 1.19. The van der Waals surface area contributed by atoms with Crippen molar-refractivity contribution >= 4 is 39.4 Å². The van der Waals surface area contributed by atoms with Crippen LogP contribution in [0, 0.1) is 0 Å². The molecular weight excluding hydrogens is 396 g/mol. The van der Waals surface area contributed by atoms with Crippen molar-refractivity contribution in [1.82, 2.24) is 14.2 Å². The standard InChI is InChI=1S/C20H21ClN4O2S/c21-15-6-7-17-16(12-15)19(18(23-17)20(22)26)28(27)25-10-8-24(9-11-25)13-14-4-2-1-3-5-14/h1-7,12,23H,8-11,13H2,(H2,22,26). The Hall–Kier alpha value is -2.19. The SMILES string of the molecule is NC(=O)c1[nH]c2ccc(Cl)cc2c1S(=O)N1CCN(Cc2ccccc2)CC1. The summed E-state index contributed by atoms with van der Waals surface area (Å²) in [6.45, 7) is 3.76. The van der Waals surface area contributed by atoms with E-state index < -0.39 is 16.9 Å². The predicted octanol–water partition coefficient (Wildman–Crippen LogP) is 2.76. The lowest BCUT2D eigenvalue weighted by Crippen LogP contribution is -2.46. The second-order valence-corrected chi connectivity index (χ2v) is 8.68. The number of primary amides is 1. The molecule has 4 rings (SSSR count). The van der Waals surface area contributed by atoms with Crippen LogP contribution in [-0.4, -0.2) is 50.5 Å². The summed E-state index contributed by atoms with van der Waals surface area (Å²) in [6.07, 6.45) is 0. The zero-order chi connectivity index (χ0) is 19.7. The third-order valence-electron chi connectivity index (χ3n) is 4.95. The summed E-state index contributed by atoms with van der Waals surface area (Å²) in [4.78, 5) is 17.7. The van der Waals surface area contributed by atoms with E-state index in [1.807, 2.05) is 22.5 Å². The van der Waals surface area contributed by atoms with E-state index in [4.69, 9.17) is 17.3 Å². The van der Waals surface area contributed by atoms with E-state index in [0.717, 1.165) is 19.6 Å². The van der Waals surface area contributed by atoms with E-state index >= 15 is 0 Å². The first-order valence-electron chi connectivity index (χ1n) is 9.07. The number of fused-ring (bicyclic) bond motifs is 1. The van der Waals surface area contributed by atoms with Crippen molar-refractivity contribution in [3.05, 3.63) is 64.8 Å². The molecule has 3 N–H and O–H groups in total. The van der Waals surface area contributed by atoms with Gasteiger partial charge in [0.1, 0.15) is 16.7 Å². The molecule has 28 heavy (non-hydrogen) atoms. The molecule has 1 saturated heterocycles. The zero-order valence-corrected chi connectivity index (χ0v) is 16.8. The van der Waals surface area contributed by atoms with Crippen molar-refractivity contribution in [2.24, 2.45) is 5.73 Å². The maximum Gasteiger partial charge on any atom is 0.266 e. The van der Waals surface area contributed by atoms with Crippen LogP contribution in [0.1, 0.15) is 16.1 Å². The first kappa shape index (κ1) is 19.1. The lowest BCUT2D eigenvalue weighted by Gasteiger charge is -2.33. The number of benzene rings is 2. The molecule has 1 aromatic heterocycles. The van der Waals surface area contributed by atoms with E-state index in [0.29, 0.717) is 33.9 Å². The smallest absolute Gasteiger partial charge is 0.266 e. The van der Waals surface area contributed by atoms with Crippen LogP contribution in [0.2, 0.25) is 5.02 Å². The molecule has 0 bridgehead atoms. The molecule has 0 saturated carbocycles. The van der Waals surface area contributed by atoms with Crippen molar-refractivity contribution < 1.29 is 9.00 Å².